The average molecular weight is 268 g/mol. The number of hydrogen-bond acceptors (Lipinski definition) is 1. The molecule has 0 unspecified atom stereocenters. The standard InChI is InChI=1S/C7H15N.C6H6.2C2H6.CH4/c1-8-6-4-2-3-5-7-8;1-2-4-6-5-3-1;2*1-2;/h2-7H2,1H3;1-6H;2*1-2H3;1H4. The van der Waals surface area contributed by atoms with E-state index in [1.54, 1.807) is 0 Å². The third-order valence-corrected chi connectivity index (χ3v) is 2.50. The van der Waals surface area contributed by atoms with Gasteiger partial charge in [-0.15, -0.1) is 0 Å². The predicted octanol–water partition coefficient (Wildman–Crippen LogP) is 5.87. The molecule has 0 atom stereocenters. The second-order valence-electron chi connectivity index (χ2n) is 3.87. The van der Waals surface area contributed by atoms with Crippen molar-refractivity contribution in [2.45, 2.75) is 60.8 Å². The molecule has 1 fully saturated rings. The van der Waals surface area contributed by atoms with Gasteiger partial charge in [0.2, 0.25) is 0 Å². The van der Waals surface area contributed by atoms with Crippen LogP contribution in [-0.2, 0) is 0 Å². The van der Waals surface area contributed by atoms with Crippen molar-refractivity contribution in [3.05, 3.63) is 36.4 Å². The van der Waals surface area contributed by atoms with Crippen LogP contribution in [0.5, 0.6) is 0 Å². The van der Waals surface area contributed by atoms with Crippen molar-refractivity contribution in [1.82, 2.24) is 4.90 Å². The molecule has 0 radical (unpaired) electrons. The Morgan fingerprint density at radius 3 is 1.11 bits per heavy atom. The molecule has 1 aromatic rings. The topological polar surface area (TPSA) is 3.24 Å². The molecule has 0 bridgehead atoms. The molecule has 114 valence electrons. The van der Waals surface area contributed by atoms with Gasteiger partial charge >= 0.3 is 0 Å². The van der Waals surface area contributed by atoms with Gasteiger partial charge in [-0.25, -0.2) is 0 Å². The van der Waals surface area contributed by atoms with Crippen molar-refractivity contribution in [3.63, 3.8) is 0 Å². The molecule has 1 aromatic carbocycles. The van der Waals surface area contributed by atoms with Gasteiger partial charge in [-0.05, 0) is 33.0 Å². The molecule has 0 N–H and O–H groups in total. The van der Waals surface area contributed by atoms with Gasteiger partial charge in [0, 0.05) is 0 Å². The zero-order valence-corrected chi connectivity index (χ0v) is 13.2. The molecule has 0 spiro atoms. The molecule has 1 heterocycles. The van der Waals surface area contributed by atoms with Crippen molar-refractivity contribution in [2.24, 2.45) is 0 Å². The van der Waals surface area contributed by atoms with E-state index in [-0.39, 0.29) is 7.43 Å². The van der Waals surface area contributed by atoms with E-state index in [1.807, 2.05) is 64.1 Å². The van der Waals surface area contributed by atoms with Crippen LogP contribution in [-0.4, -0.2) is 25.0 Å². The monoisotopic (exact) mass is 267 g/mol. The molecular weight excluding hydrogens is 230 g/mol. The third-order valence-electron chi connectivity index (χ3n) is 2.50. The number of benzene rings is 1. The summed E-state index contributed by atoms with van der Waals surface area (Å²) in [4.78, 5) is 2.42. The Bertz CT molecular complexity index is 173. The highest BCUT2D eigenvalue weighted by Gasteiger charge is 2.01. The summed E-state index contributed by atoms with van der Waals surface area (Å²) in [5, 5.41) is 0. The van der Waals surface area contributed by atoms with E-state index in [0.717, 1.165) is 0 Å². The minimum absolute atomic E-state index is 0. The second kappa shape index (κ2) is 22.4. The fourth-order valence-corrected chi connectivity index (χ4v) is 1.61. The summed E-state index contributed by atoms with van der Waals surface area (Å²) >= 11 is 0. The lowest BCUT2D eigenvalue weighted by molar-refractivity contribution is 0.349. The van der Waals surface area contributed by atoms with E-state index in [2.05, 4.69) is 11.9 Å². The summed E-state index contributed by atoms with van der Waals surface area (Å²) in [5.74, 6) is 0. The van der Waals surface area contributed by atoms with Crippen LogP contribution in [0, 0.1) is 0 Å². The van der Waals surface area contributed by atoms with Gasteiger partial charge in [0.05, 0.1) is 0 Å². The van der Waals surface area contributed by atoms with Gasteiger partial charge in [0.25, 0.3) is 0 Å². The molecule has 0 aliphatic carbocycles. The maximum atomic E-state index is 2.42. The van der Waals surface area contributed by atoms with Gasteiger partial charge in [-0.3, -0.25) is 0 Å². The van der Waals surface area contributed by atoms with Crippen molar-refractivity contribution in [2.75, 3.05) is 20.1 Å². The van der Waals surface area contributed by atoms with Gasteiger partial charge in [-0.1, -0.05) is 84.4 Å². The molecule has 19 heavy (non-hydrogen) atoms. The van der Waals surface area contributed by atoms with Crippen LogP contribution in [0.2, 0.25) is 0 Å². The average Bonchev–Trinajstić information content (AvgIpc) is 2.73. The number of rotatable bonds is 0. The van der Waals surface area contributed by atoms with Crippen LogP contribution in [0.15, 0.2) is 36.4 Å². The van der Waals surface area contributed by atoms with E-state index in [4.69, 9.17) is 0 Å². The first-order chi connectivity index (χ1) is 8.89. The quantitative estimate of drug-likeness (QED) is 0.568. The minimum atomic E-state index is 0. The lowest BCUT2D eigenvalue weighted by Crippen LogP contribution is -2.18. The Balaban J connectivity index is -0.000000209. The van der Waals surface area contributed by atoms with Crippen molar-refractivity contribution in [3.8, 4) is 0 Å². The highest BCUT2D eigenvalue weighted by Crippen LogP contribution is 2.06. The maximum absolute atomic E-state index is 2.42. The van der Waals surface area contributed by atoms with E-state index in [1.165, 1.54) is 38.8 Å². The predicted molar refractivity (Wildman–Crippen MR) is 91.8 cm³/mol. The summed E-state index contributed by atoms with van der Waals surface area (Å²) in [6.45, 7) is 10.6. The molecule has 1 saturated heterocycles. The smallest absolute Gasteiger partial charge is 0.00218 e. The molecule has 0 aromatic heterocycles. The maximum Gasteiger partial charge on any atom is -0.00218 e. The molecular formula is C18H37N. The summed E-state index contributed by atoms with van der Waals surface area (Å²) in [7, 11) is 2.21. The Hall–Kier alpha value is -0.820. The van der Waals surface area contributed by atoms with Gasteiger partial charge in [0.1, 0.15) is 0 Å². The summed E-state index contributed by atoms with van der Waals surface area (Å²) < 4.78 is 0. The third kappa shape index (κ3) is 19.7. The Morgan fingerprint density at radius 2 is 0.842 bits per heavy atom. The number of hydrogen-bond donors (Lipinski definition) is 0. The van der Waals surface area contributed by atoms with Crippen LogP contribution in [0.3, 0.4) is 0 Å². The molecule has 0 amide bonds. The van der Waals surface area contributed by atoms with Crippen LogP contribution in [0.25, 0.3) is 0 Å². The van der Waals surface area contributed by atoms with Crippen LogP contribution in [0.4, 0.5) is 0 Å². The Morgan fingerprint density at radius 1 is 0.579 bits per heavy atom. The SMILES string of the molecule is C.CC.CC.CN1CCCCCC1.c1ccccc1. The minimum Gasteiger partial charge on any atom is -0.306 e. The molecule has 0 saturated carbocycles. The zero-order valence-electron chi connectivity index (χ0n) is 13.2. The lowest BCUT2D eigenvalue weighted by Gasteiger charge is -2.10. The fraction of sp³-hybridized carbons (Fsp3) is 0.667. The van der Waals surface area contributed by atoms with Gasteiger partial charge < -0.3 is 4.90 Å². The second-order valence-corrected chi connectivity index (χ2v) is 3.87. The zero-order chi connectivity index (χ0) is 14.1. The van der Waals surface area contributed by atoms with Crippen molar-refractivity contribution < 1.29 is 0 Å². The molecule has 1 aliphatic rings. The molecule has 1 heteroatoms. The Labute approximate surface area is 123 Å². The first-order valence-corrected chi connectivity index (χ1v) is 7.58. The highest BCUT2D eigenvalue weighted by atomic mass is 15.1. The number of likely N-dealkylation sites (tertiary alicyclic amines) is 1. The van der Waals surface area contributed by atoms with E-state index in [0.29, 0.717) is 0 Å². The molecule has 1 nitrogen and oxygen atoms in total. The van der Waals surface area contributed by atoms with E-state index < -0.39 is 0 Å². The lowest BCUT2D eigenvalue weighted by atomic mass is 10.2. The van der Waals surface area contributed by atoms with E-state index in [9.17, 15) is 0 Å². The highest BCUT2D eigenvalue weighted by molar-refractivity contribution is 4.99. The number of nitrogens with zero attached hydrogens (tertiary/aromatic N) is 1. The van der Waals surface area contributed by atoms with Crippen molar-refractivity contribution >= 4 is 0 Å². The summed E-state index contributed by atoms with van der Waals surface area (Å²) in [6.07, 6.45) is 5.72. The summed E-state index contributed by atoms with van der Waals surface area (Å²) in [5.41, 5.74) is 0. The van der Waals surface area contributed by atoms with Gasteiger partial charge in [0.15, 0.2) is 0 Å². The fourth-order valence-electron chi connectivity index (χ4n) is 1.61. The first-order valence-electron chi connectivity index (χ1n) is 7.58. The van der Waals surface area contributed by atoms with Crippen LogP contribution in [0.1, 0.15) is 60.8 Å². The van der Waals surface area contributed by atoms with Crippen molar-refractivity contribution in [1.29, 1.82) is 0 Å². The van der Waals surface area contributed by atoms with E-state index >= 15 is 0 Å². The van der Waals surface area contributed by atoms with Crippen LogP contribution >= 0.6 is 0 Å². The molecule has 1 aliphatic heterocycles. The van der Waals surface area contributed by atoms with Gasteiger partial charge in [-0.2, -0.15) is 0 Å². The largest absolute Gasteiger partial charge is 0.306 e. The summed E-state index contributed by atoms with van der Waals surface area (Å²) in [6, 6.07) is 12.0. The normalized spacial score (nSPS) is 13.7. The Kier molecular flexibility index (Phi) is 27.4. The van der Waals surface area contributed by atoms with Crippen LogP contribution < -0.4 is 0 Å². The molecule has 2 rings (SSSR count). The first kappa shape index (κ1) is 23.3.